The monoisotopic (exact) mass is 364 g/mol. The number of nitrogens with one attached hydrogen (secondary N) is 1. The fraction of sp³-hybridized carbons (Fsp3) is 0.333. The number of amides is 1. The second kappa shape index (κ2) is 7.40. The van der Waals surface area contributed by atoms with Crippen molar-refractivity contribution < 1.29 is 9.53 Å². The summed E-state index contributed by atoms with van der Waals surface area (Å²) in [6, 6.07) is 13.8. The first kappa shape index (κ1) is 17.5. The highest BCUT2D eigenvalue weighted by atomic mass is 16.5. The van der Waals surface area contributed by atoms with Crippen molar-refractivity contribution in [2.45, 2.75) is 13.5 Å². The molecule has 1 N–H and O–H groups in total. The maximum absolute atomic E-state index is 12.6. The molecule has 0 unspecified atom stereocenters. The Kier molecular flexibility index (Phi) is 4.81. The lowest BCUT2D eigenvalue weighted by Gasteiger charge is -2.27. The average molecular weight is 364 g/mol. The number of imidazole rings is 1. The molecule has 0 spiro atoms. The molecule has 0 radical (unpaired) electrons. The van der Waals surface area contributed by atoms with Crippen LogP contribution in [0.4, 0.5) is 5.95 Å². The molecular formula is C21H24N4O2. The van der Waals surface area contributed by atoms with Gasteiger partial charge in [-0.2, -0.15) is 0 Å². The molecule has 1 aromatic heterocycles. The van der Waals surface area contributed by atoms with Gasteiger partial charge in [-0.05, 0) is 36.2 Å². The van der Waals surface area contributed by atoms with E-state index in [1.165, 1.54) is 5.56 Å². The van der Waals surface area contributed by atoms with Crippen LogP contribution in [0.1, 0.15) is 21.5 Å². The van der Waals surface area contributed by atoms with Crippen molar-refractivity contribution in [1.82, 2.24) is 14.9 Å². The first-order valence-corrected chi connectivity index (χ1v) is 9.25. The van der Waals surface area contributed by atoms with Gasteiger partial charge in [-0.15, -0.1) is 0 Å². The van der Waals surface area contributed by atoms with Crippen LogP contribution in [0.15, 0.2) is 42.5 Å². The predicted molar refractivity (Wildman–Crippen MR) is 106 cm³/mol. The first-order valence-electron chi connectivity index (χ1n) is 9.25. The molecule has 0 atom stereocenters. The van der Waals surface area contributed by atoms with E-state index < -0.39 is 0 Å². The summed E-state index contributed by atoms with van der Waals surface area (Å²) in [5, 5.41) is 3.01. The number of rotatable bonds is 4. The number of hydrogen-bond donors (Lipinski definition) is 1. The third-order valence-corrected chi connectivity index (χ3v) is 5.11. The minimum absolute atomic E-state index is 0.0845. The zero-order valence-electron chi connectivity index (χ0n) is 15.7. The number of fused-ring (bicyclic) bond motifs is 1. The lowest BCUT2D eigenvalue weighted by atomic mass is 10.1. The molecule has 2 heterocycles. The van der Waals surface area contributed by atoms with E-state index >= 15 is 0 Å². The Morgan fingerprint density at radius 2 is 1.96 bits per heavy atom. The number of nitrogens with zero attached hydrogens (tertiary/aromatic N) is 3. The van der Waals surface area contributed by atoms with Gasteiger partial charge < -0.3 is 19.5 Å². The summed E-state index contributed by atoms with van der Waals surface area (Å²) in [4.78, 5) is 19.6. The standard InChI is InChI=1S/C21H24N4O2/c1-15-5-3-4-6-17(15)14-22-20(26)16-7-8-19-18(13-16)23-21(24(19)2)25-9-11-27-12-10-25/h3-8,13H,9-12,14H2,1-2H3,(H,22,26). The highest BCUT2D eigenvalue weighted by Crippen LogP contribution is 2.23. The Morgan fingerprint density at radius 3 is 2.74 bits per heavy atom. The van der Waals surface area contributed by atoms with Gasteiger partial charge in [-0.25, -0.2) is 4.98 Å². The Labute approximate surface area is 158 Å². The van der Waals surface area contributed by atoms with E-state index in [0.717, 1.165) is 48.8 Å². The van der Waals surface area contributed by atoms with Gasteiger partial charge in [0.25, 0.3) is 5.91 Å². The minimum atomic E-state index is -0.0845. The van der Waals surface area contributed by atoms with Crippen molar-refractivity contribution in [3.63, 3.8) is 0 Å². The molecule has 1 aliphatic heterocycles. The highest BCUT2D eigenvalue weighted by Gasteiger charge is 2.18. The highest BCUT2D eigenvalue weighted by molar-refractivity contribution is 5.97. The number of ether oxygens (including phenoxy) is 1. The molecule has 6 heteroatoms. The first-order chi connectivity index (χ1) is 13.1. The summed E-state index contributed by atoms with van der Waals surface area (Å²) in [7, 11) is 2.01. The third kappa shape index (κ3) is 3.53. The molecule has 1 fully saturated rings. The number of carbonyl (C=O) groups excluding carboxylic acids is 1. The lowest BCUT2D eigenvalue weighted by molar-refractivity contribution is 0.0951. The van der Waals surface area contributed by atoms with Gasteiger partial charge in [-0.3, -0.25) is 4.79 Å². The van der Waals surface area contributed by atoms with Gasteiger partial charge in [0.1, 0.15) is 0 Å². The Hall–Kier alpha value is -2.86. The van der Waals surface area contributed by atoms with Crippen molar-refractivity contribution >= 4 is 22.9 Å². The van der Waals surface area contributed by atoms with Crippen molar-refractivity contribution in [3.8, 4) is 0 Å². The van der Waals surface area contributed by atoms with Gasteiger partial charge >= 0.3 is 0 Å². The van der Waals surface area contributed by atoms with E-state index in [2.05, 4.69) is 27.8 Å². The molecule has 27 heavy (non-hydrogen) atoms. The largest absolute Gasteiger partial charge is 0.378 e. The van der Waals surface area contributed by atoms with E-state index in [4.69, 9.17) is 9.72 Å². The van der Waals surface area contributed by atoms with Crippen LogP contribution in [0.3, 0.4) is 0 Å². The van der Waals surface area contributed by atoms with Crippen LogP contribution in [-0.4, -0.2) is 41.8 Å². The molecule has 1 saturated heterocycles. The van der Waals surface area contributed by atoms with Crippen LogP contribution in [-0.2, 0) is 18.3 Å². The van der Waals surface area contributed by atoms with E-state index in [1.54, 1.807) is 0 Å². The summed E-state index contributed by atoms with van der Waals surface area (Å²) in [6.45, 7) is 5.67. The number of aryl methyl sites for hydroxylation is 2. The molecule has 6 nitrogen and oxygen atoms in total. The molecule has 140 valence electrons. The summed E-state index contributed by atoms with van der Waals surface area (Å²) in [5.41, 5.74) is 4.78. The molecular weight excluding hydrogens is 340 g/mol. The normalized spacial score (nSPS) is 14.5. The molecule has 0 bridgehead atoms. The number of anilines is 1. The van der Waals surface area contributed by atoms with Crippen LogP contribution < -0.4 is 10.2 Å². The fourth-order valence-electron chi connectivity index (χ4n) is 3.46. The maximum atomic E-state index is 12.6. The molecule has 1 amide bonds. The smallest absolute Gasteiger partial charge is 0.251 e. The summed E-state index contributed by atoms with van der Waals surface area (Å²) < 4.78 is 7.50. The number of morpholine rings is 1. The maximum Gasteiger partial charge on any atom is 0.251 e. The Bertz CT molecular complexity index is 973. The van der Waals surface area contributed by atoms with Gasteiger partial charge in [0.2, 0.25) is 5.95 Å². The van der Waals surface area contributed by atoms with E-state index in [-0.39, 0.29) is 5.91 Å². The zero-order chi connectivity index (χ0) is 18.8. The van der Waals surface area contributed by atoms with Crippen LogP contribution in [0.2, 0.25) is 0 Å². The zero-order valence-corrected chi connectivity index (χ0v) is 15.7. The molecule has 1 aliphatic rings. The third-order valence-electron chi connectivity index (χ3n) is 5.11. The van der Waals surface area contributed by atoms with Gasteiger partial charge in [0.05, 0.1) is 24.2 Å². The van der Waals surface area contributed by atoms with Gasteiger partial charge in [0, 0.05) is 32.2 Å². The van der Waals surface area contributed by atoms with Crippen LogP contribution in [0.25, 0.3) is 11.0 Å². The minimum Gasteiger partial charge on any atom is -0.378 e. The SMILES string of the molecule is Cc1ccccc1CNC(=O)c1ccc2c(c1)nc(N1CCOCC1)n2C. The number of benzene rings is 2. The molecule has 0 aliphatic carbocycles. The lowest BCUT2D eigenvalue weighted by Crippen LogP contribution is -2.37. The Morgan fingerprint density at radius 1 is 1.19 bits per heavy atom. The Balaban J connectivity index is 1.54. The molecule has 4 rings (SSSR count). The summed E-state index contributed by atoms with van der Waals surface area (Å²) in [5.74, 6) is 0.837. The van der Waals surface area contributed by atoms with Crippen molar-refractivity contribution in [3.05, 3.63) is 59.2 Å². The van der Waals surface area contributed by atoms with Crippen molar-refractivity contribution in [2.24, 2.45) is 7.05 Å². The summed E-state index contributed by atoms with van der Waals surface area (Å²) >= 11 is 0. The molecule has 2 aromatic carbocycles. The van der Waals surface area contributed by atoms with E-state index in [9.17, 15) is 4.79 Å². The van der Waals surface area contributed by atoms with Crippen molar-refractivity contribution in [1.29, 1.82) is 0 Å². The number of carbonyl (C=O) groups is 1. The van der Waals surface area contributed by atoms with E-state index in [0.29, 0.717) is 12.1 Å². The second-order valence-corrected chi connectivity index (χ2v) is 6.88. The predicted octanol–water partition coefficient (Wildman–Crippen LogP) is 2.65. The van der Waals surface area contributed by atoms with Gasteiger partial charge in [0.15, 0.2) is 0 Å². The molecule has 0 saturated carbocycles. The summed E-state index contributed by atoms with van der Waals surface area (Å²) in [6.07, 6.45) is 0. The quantitative estimate of drug-likeness (QED) is 0.773. The number of aromatic nitrogens is 2. The average Bonchev–Trinajstić information content (AvgIpc) is 3.04. The fourth-order valence-corrected chi connectivity index (χ4v) is 3.46. The van der Waals surface area contributed by atoms with Gasteiger partial charge in [-0.1, -0.05) is 24.3 Å². The number of hydrogen-bond acceptors (Lipinski definition) is 4. The van der Waals surface area contributed by atoms with E-state index in [1.807, 2.05) is 43.4 Å². The van der Waals surface area contributed by atoms with Crippen molar-refractivity contribution in [2.75, 3.05) is 31.2 Å². The second-order valence-electron chi connectivity index (χ2n) is 6.88. The van der Waals surface area contributed by atoms with Crippen LogP contribution in [0, 0.1) is 6.92 Å². The molecule has 3 aromatic rings. The topological polar surface area (TPSA) is 59.4 Å². The van der Waals surface area contributed by atoms with Crippen LogP contribution >= 0.6 is 0 Å². The van der Waals surface area contributed by atoms with Crippen LogP contribution in [0.5, 0.6) is 0 Å².